The van der Waals surface area contributed by atoms with Gasteiger partial charge in [0.05, 0.1) is 7.11 Å². The standard InChI is InChI=1S/C8H17NO3/c1-3-9-7(5-4-6-10)8(11)12-2/h7,9-10H,3-6H2,1-2H3. The largest absolute Gasteiger partial charge is 0.468 e. The highest BCUT2D eigenvalue weighted by Gasteiger charge is 2.16. The first-order chi connectivity index (χ1) is 5.76. The van der Waals surface area contributed by atoms with Crippen LogP contribution in [-0.2, 0) is 9.53 Å². The number of likely N-dealkylation sites (N-methyl/N-ethyl adjacent to an activating group) is 1. The molecule has 0 aromatic heterocycles. The van der Waals surface area contributed by atoms with Crippen LogP contribution in [0.3, 0.4) is 0 Å². The maximum Gasteiger partial charge on any atom is 0.322 e. The fourth-order valence-electron chi connectivity index (χ4n) is 0.987. The fraction of sp³-hybridized carbons (Fsp3) is 0.875. The van der Waals surface area contributed by atoms with Crippen molar-refractivity contribution in [1.82, 2.24) is 5.32 Å². The van der Waals surface area contributed by atoms with E-state index in [1.165, 1.54) is 7.11 Å². The highest BCUT2D eigenvalue weighted by atomic mass is 16.5. The molecule has 0 bridgehead atoms. The van der Waals surface area contributed by atoms with Gasteiger partial charge in [-0.2, -0.15) is 0 Å². The highest BCUT2D eigenvalue weighted by molar-refractivity contribution is 5.75. The Kier molecular flexibility index (Phi) is 6.70. The summed E-state index contributed by atoms with van der Waals surface area (Å²) in [6.07, 6.45) is 1.24. The molecule has 12 heavy (non-hydrogen) atoms. The summed E-state index contributed by atoms with van der Waals surface area (Å²) in [6, 6.07) is -0.271. The normalized spacial score (nSPS) is 12.6. The van der Waals surface area contributed by atoms with Crippen molar-refractivity contribution in [3.63, 3.8) is 0 Å². The molecule has 0 heterocycles. The lowest BCUT2D eigenvalue weighted by Gasteiger charge is -2.13. The van der Waals surface area contributed by atoms with E-state index in [1.807, 2.05) is 6.92 Å². The Morgan fingerprint density at radius 3 is 2.75 bits per heavy atom. The minimum atomic E-state index is -0.271. The number of rotatable bonds is 6. The zero-order valence-corrected chi connectivity index (χ0v) is 7.67. The summed E-state index contributed by atoms with van der Waals surface area (Å²) < 4.78 is 4.58. The molecule has 0 saturated carbocycles. The molecular weight excluding hydrogens is 158 g/mol. The number of nitrogens with one attached hydrogen (secondary N) is 1. The average molecular weight is 175 g/mol. The van der Waals surface area contributed by atoms with Gasteiger partial charge in [-0.3, -0.25) is 4.79 Å². The minimum Gasteiger partial charge on any atom is -0.468 e. The van der Waals surface area contributed by atoms with Crippen LogP contribution in [0.2, 0.25) is 0 Å². The first-order valence-electron chi connectivity index (χ1n) is 4.18. The Morgan fingerprint density at radius 2 is 2.33 bits per heavy atom. The molecule has 0 spiro atoms. The van der Waals surface area contributed by atoms with E-state index < -0.39 is 0 Å². The van der Waals surface area contributed by atoms with Gasteiger partial charge in [-0.25, -0.2) is 0 Å². The van der Waals surface area contributed by atoms with Gasteiger partial charge in [0.25, 0.3) is 0 Å². The second kappa shape index (κ2) is 7.06. The average Bonchev–Trinajstić information content (AvgIpc) is 2.11. The number of esters is 1. The number of aliphatic hydroxyl groups is 1. The quantitative estimate of drug-likeness (QED) is 0.554. The molecule has 0 rings (SSSR count). The Hall–Kier alpha value is -0.610. The van der Waals surface area contributed by atoms with Gasteiger partial charge < -0.3 is 15.2 Å². The monoisotopic (exact) mass is 175 g/mol. The number of carbonyl (C=O) groups excluding carboxylic acids is 1. The number of hydrogen-bond acceptors (Lipinski definition) is 4. The van der Waals surface area contributed by atoms with E-state index in [1.54, 1.807) is 0 Å². The zero-order valence-electron chi connectivity index (χ0n) is 7.67. The van der Waals surface area contributed by atoms with Crippen LogP contribution < -0.4 is 5.32 Å². The lowest BCUT2D eigenvalue weighted by atomic mass is 10.1. The van der Waals surface area contributed by atoms with Crippen LogP contribution in [0.1, 0.15) is 19.8 Å². The van der Waals surface area contributed by atoms with Crippen LogP contribution in [0.15, 0.2) is 0 Å². The van der Waals surface area contributed by atoms with Crippen LogP contribution in [-0.4, -0.2) is 37.4 Å². The molecule has 0 saturated heterocycles. The van der Waals surface area contributed by atoms with Gasteiger partial charge in [0.15, 0.2) is 0 Å². The Morgan fingerprint density at radius 1 is 1.67 bits per heavy atom. The smallest absolute Gasteiger partial charge is 0.322 e. The second-order valence-corrected chi connectivity index (χ2v) is 2.50. The third-order valence-electron chi connectivity index (χ3n) is 1.59. The van der Waals surface area contributed by atoms with E-state index in [9.17, 15) is 4.79 Å². The highest BCUT2D eigenvalue weighted by Crippen LogP contribution is 1.98. The van der Waals surface area contributed by atoms with Crippen molar-refractivity contribution >= 4 is 5.97 Å². The first kappa shape index (κ1) is 11.4. The Balaban J connectivity index is 3.76. The van der Waals surface area contributed by atoms with Crippen molar-refractivity contribution in [2.24, 2.45) is 0 Å². The summed E-state index contributed by atoms with van der Waals surface area (Å²) >= 11 is 0. The van der Waals surface area contributed by atoms with Gasteiger partial charge >= 0.3 is 5.97 Å². The lowest BCUT2D eigenvalue weighted by molar-refractivity contribution is -0.143. The minimum absolute atomic E-state index is 0.110. The maximum atomic E-state index is 11.0. The van der Waals surface area contributed by atoms with Gasteiger partial charge in [-0.05, 0) is 19.4 Å². The van der Waals surface area contributed by atoms with E-state index in [0.29, 0.717) is 12.8 Å². The molecule has 72 valence electrons. The van der Waals surface area contributed by atoms with E-state index in [2.05, 4.69) is 10.1 Å². The number of aliphatic hydroxyl groups excluding tert-OH is 1. The zero-order chi connectivity index (χ0) is 9.40. The molecule has 2 N–H and O–H groups in total. The summed E-state index contributed by atoms with van der Waals surface area (Å²) in [5, 5.41) is 11.5. The lowest BCUT2D eigenvalue weighted by Crippen LogP contribution is -2.37. The van der Waals surface area contributed by atoms with Crippen LogP contribution >= 0.6 is 0 Å². The molecule has 0 aliphatic heterocycles. The molecule has 1 unspecified atom stereocenters. The number of carbonyl (C=O) groups is 1. The molecule has 0 aliphatic rings. The molecule has 4 heteroatoms. The van der Waals surface area contributed by atoms with Gasteiger partial charge in [-0.1, -0.05) is 6.92 Å². The third-order valence-corrected chi connectivity index (χ3v) is 1.59. The van der Waals surface area contributed by atoms with E-state index in [4.69, 9.17) is 5.11 Å². The summed E-state index contributed by atoms with van der Waals surface area (Å²) in [5.74, 6) is -0.259. The van der Waals surface area contributed by atoms with Gasteiger partial charge in [0.1, 0.15) is 6.04 Å². The molecule has 0 aliphatic carbocycles. The van der Waals surface area contributed by atoms with E-state index >= 15 is 0 Å². The van der Waals surface area contributed by atoms with Crippen LogP contribution in [0, 0.1) is 0 Å². The number of hydrogen-bond donors (Lipinski definition) is 2. The second-order valence-electron chi connectivity index (χ2n) is 2.50. The number of methoxy groups -OCH3 is 1. The fourth-order valence-corrected chi connectivity index (χ4v) is 0.987. The molecule has 0 aromatic carbocycles. The maximum absolute atomic E-state index is 11.0. The van der Waals surface area contributed by atoms with E-state index in [-0.39, 0.29) is 18.6 Å². The van der Waals surface area contributed by atoms with Gasteiger partial charge in [0.2, 0.25) is 0 Å². The topological polar surface area (TPSA) is 58.6 Å². The van der Waals surface area contributed by atoms with Gasteiger partial charge in [-0.15, -0.1) is 0 Å². The SMILES string of the molecule is CCNC(CCCO)C(=O)OC. The molecule has 0 amide bonds. The summed E-state index contributed by atoms with van der Waals surface area (Å²) in [6.45, 7) is 2.76. The van der Waals surface area contributed by atoms with Crippen molar-refractivity contribution in [3.05, 3.63) is 0 Å². The molecule has 0 radical (unpaired) electrons. The van der Waals surface area contributed by atoms with E-state index in [0.717, 1.165) is 6.54 Å². The summed E-state index contributed by atoms with van der Waals surface area (Å²) in [5.41, 5.74) is 0. The van der Waals surface area contributed by atoms with Crippen LogP contribution in [0.25, 0.3) is 0 Å². The summed E-state index contributed by atoms with van der Waals surface area (Å²) in [7, 11) is 1.37. The molecule has 1 atom stereocenters. The molecular formula is C8H17NO3. The predicted molar refractivity (Wildman–Crippen MR) is 45.8 cm³/mol. The van der Waals surface area contributed by atoms with Crippen molar-refractivity contribution in [2.75, 3.05) is 20.3 Å². The van der Waals surface area contributed by atoms with Crippen molar-refractivity contribution in [2.45, 2.75) is 25.8 Å². The van der Waals surface area contributed by atoms with Crippen LogP contribution in [0.4, 0.5) is 0 Å². The Labute approximate surface area is 72.9 Å². The number of ether oxygens (including phenoxy) is 1. The molecule has 0 fully saturated rings. The van der Waals surface area contributed by atoms with Crippen molar-refractivity contribution in [3.8, 4) is 0 Å². The summed E-state index contributed by atoms with van der Waals surface area (Å²) in [4.78, 5) is 11.0. The van der Waals surface area contributed by atoms with Crippen molar-refractivity contribution in [1.29, 1.82) is 0 Å². The molecule has 0 aromatic rings. The van der Waals surface area contributed by atoms with Crippen molar-refractivity contribution < 1.29 is 14.6 Å². The van der Waals surface area contributed by atoms with Gasteiger partial charge in [0, 0.05) is 6.61 Å². The predicted octanol–water partition coefficient (Wildman–Crippen LogP) is -0.0900. The first-order valence-corrected chi connectivity index (χ1v) is 4.18. The third kappa shape index (κ3) is 4.31. The Bertz CT molecular complexity index is 127. The molecule has 4 nitrogen and oxygen atoms in total. The van der Waals surface area contributed by atoms with Crippen LogP contribution in [0.5, 0.6) is 0 Å².